The van der Waals surface area contributed by atoms with Gasteiger partial charge in [0.15, 0.2) is 5.78 Å². The van der Waals surface area contributed by atoms with E-state index in [-0.39, 0.29) is 17.3 Å². The van der Waals surface area contributed by atoms with Crippen LogP contribution in [0.5, 0.6) is 0 Å². The standard InChI is InChI=1S/C13H17NO3/c1-8(2)12(15)11-4-3-10(13(16)17)7-9(11)5-6-14/h3-4,7-8H,5-6,14H2,1-2H3,(H,16,17). The molecule has 0 aliphatic heterocycles. The number of ketones is 1. The van der Waals surface area contributed by atoms with Gasteiger partial charge < -0.3 is 10.8 Å². The number of nitrogens with two attached hydrogens (primary N) is 1. The van der Waals surface area contributed by atoms with Crippen LogP contribution in [0.2, 0.25) is 0 Å². The second-order valence-corrected chi connectivity index (χ2v) is 4.23. The number of Topliss-reactive ketones (excluding diaryl/α,β-unsaturated/α-hetero) is 1. The number of carboxylic acids is 1. The summed E-state index contributed by atoms with van der Waals surface area (Å²) in [5.41, 5.74) is 6.95. The van der Waals surface area contributed by atoms with Crippen LogP contribution in [0, 0.1) is 5.92 Å². The highest BCUT2D eigenvalue weighted by Gasteiger charge is 2.16. The van der Waals surface area contributed by atoms with Crippen molar-refractivity contribution in [2.75, 3.05) is 6.54 Å². The van der Waals surface area contributed by atoms with E-state index in [4.69, 9.17) is 10.8 Å². The van der Waals surface area contributed by atoms with E-state index in [1.165, 1.54) is 12.1 Å². The van der Waals surface area contributed by atoms with Crippen molar-refractivity contribution in [2.45, 2.75) is 20.3 Å². The van der Waals surface area contributed by atoms with Gasteiger partial charge in [-0.3, -0.25) is 4.79 Å². The van der Waals surface area contributed by atoms with Crippen molar-refractivity contribution in [1.29, 1.82) is 0 Å². The summed E-state index contributed by atoms with van der Waals surface area (Å²) in [5.74, 6) is -1.08. The highest BCUT2D eigenvalue weighted by atomic mass is 16.4. The van der Waals surface area contributed by atoms with Gasteiger partial charge in [0.05, 0.1) is 5.56 Å². The van der Waals surface area contributed by atoms with E-state index in [0.717, 1.165) is 0 Å². The molecule has 1 aromatic carbocycles. The lowest BCUT2D eigenvalue weighted by Crippen LogP contribution is -2.14. The minimum atomic E-state index is -0.994. The molecule has 0 fully saturated rings. The molecule has 0 radical (unpaired) electrons. The van der Waals surface area contributed by atoms with Crippen LogP contribution in [0.4, 0.5) is 0 Å². The lowest BCUT2D eigenvalue weighted by molar-refractivity contribution is 0.0696. The van der Waals surface area contributed by atoms with Crippen molar-refractivity contribution < 1.29 is 14.7 Å². The Bertz CT molecular complexity index is 438. The van der Waals surface area contributed by atoms with Crippen LogP contribution in [-0.4, -0.2) is 23.4 Å². The first-order chi connectivity index (χ1) is 7.97. The van der Waals surface area contributed by atoms with Crippen LogP contribution >= 0.6 is 0 Å². The molecule has 0 saturated carbocycles. The zero-order valence-electron chi connectivity index (χ0n) is 10.1. The molecular formula is C13H17NO3. The first-order valence-electron chi connectivity index (χ1n) is 5.58. The summed E-state index contributed by atoms with van der Waals surface area (Å²) in [6.45, 7) is 4.03. The van der Waals surface area contributed by atoms with Crippen LogP contribution in [0.25, 0.3) is 0 Å². The van der Waals surface area contributed by atoms with E-state index in [9.17, 15) is 9.59 Å². The van der Waals surface area contributed by atoms with Gasteiger partial charge in [-0.15, -0.1) is 0 Å². The molecular weight excluding hydrogens is 218 g/mol. The molecule has 1 aromatic rings. The predicted molar refractivity (Wildman–Crippen MR) is 65.3 cm³/mol. The first-order valence-corrected chi connectivity index (χ1v) is 5.58. The van der Waals surface area contributed by atoms with Gasteiger partial charge >= 0.3 is 5.97 Å². The maximum absolute atomic E-state index is 11.9. The minimum Gasteiger partial charge on any atom is -0.478 e. The van der Waals surface area contributed by atoms with E-state index >= 15 is 0 Å². The lowest BCUT2D eigenvalue weighted by Gasteiger charge is -2.11. The summed E-state index contributed by atoms with van der Waals surface area (Å²) in [6.07, 6.45) is 0.509. The normalized spacial score (nSPS) is 10.6. The second kappa shape index (κ2) is 5.59. The highest BCUT2D eigenvalue weighted by Crippen LogP contribution is 2.17. The summed E-state index contributed by atoms with van der Waals surface area (Å²) < 4.78 is 0. The molecule has 0 aliphatic rings. The number of benzene rings is 1. The Morgan fingerprint density at radius 3 is 2.47 bits per heavy atom. The number of hydrogen-bond acceptors (Lipinski definition) is 3. The molecule has 17 heavy (non-hydrogen) atoms. The Morgan fingerprint density at radius 1 is 1.35 bits per heavy atom. The lowest BCUT2D eigenvalue weighted by atomic mass is 9.93. The average molecular weight is 235 g/mol. The number of carbonyl (C=O) groups is 2. The Morgan fingerprint density at radius 2 is 2.00 bits per heavy atom. The average Bonchev–Trinajstić information content (AvgIpc) is 2.28. The van der Waals surface area contributed by atoms with Gasteiger partial charge in [-0.1, -0.05) is 19.9 Å². The monoisotopic (exact) mass is 235 g/mol. The van der Waals surface area contributed by atoms with E-state index < -0.39 is 5.97 Å². The zero-order chi connectivity index (χ0) is 13.0. The molecule has 0 amide bonds. The SMILES string of the molecule is CC(C)C(=O)c1ccc(C(=O)O)cc1CCN. The van der Waals surface area contributed by atoms with E-state index in [0.29, 0.717) is 24.1 Å². The fraction of sp³-hybridized carbons (Fsp3) is 0.385. The molecule has 0 aliphatic carbocycles. The van der Waals surface area contributed by atoms with E-state index in [1.807, 2.05) is 13.8 Å². The van der Waals surface area contributed by atoms with Crippen LogP contribution in [0.1, 0.15) is 40.1 Å². The van der Waals surface area contributed by atoms with Gasteiger partial charge in [0.25, 0.3) is 0 Å². The van der Waals surface area contributed by atoms with Crippen molar-refractivity contribution in [3.05, 3.63) is 34.9 Å². The molecule has 0 unspecified atom stereocenters. The number of hydrogen-bond donors (Lipinski definition) is 2. The predicted octanol–water partition coefficient (Wildman–Crippen LogP) is 1.72. The quantitative estimate of drug-likeness (QED) is 0.761. The Kier molecular flexibility index (Phi) is 4.40. The Labute approximate surface area is 100 Å². The van der Waals surface area contributed by atoms with Crippen LogP contribution in [-0.2, 0) is 6.42 Å². The van der Waals surface area contributed by atoms with Crippen molar-refractivity contribution in [2.24, 2.45) is 11.7 Å². The fourth-order valence-corrected chi connectivity index (χ4v) is 1.64. The van der Waals surface area contributed by atoms with Gasteiger partial charge in [-0.2, -0.15) is 0 Å². The molecule has 0 spiro atoms. The molecule has 3 N–H and O–H groups in total. The van der Waals surface area contributed by atoms with Gasteiger partial charge in [-0.25, -0.2) is 4.79 Å². The first kappa shape index (κ1) is 13.4. The number of carboxylic acid groups (broad SMARTS) is 1. The summed E-state index contributed by atoms with van der Waals surface area (Å²) in [4.78, 5) is 22.8. The molecule has 92 valence electrons. The van der Waals surface area contributed by atoms with Crippen LogP contribution in [0.15, 0.2) is 18.2 Å². The molecule has 4 heteroatoms. The summed E-state index contributed by atoms with van der Waals surface area (Å²) in [5, 5.41) is 8.90. The Balaban J connectivity index is 3.21. The number of carbonyl (C=O) groups excluding carboxylic acids is 1. The molecule has 0 atom stereocenters. The third-order valence-corrected chi connectivity index (χ3v) is 2.56. The third-order valence-electron chi connectivity index (χ3n) is 2.56. The molecule has 4 nitrogen and oxygen atoms in total. The van der Waals surface area contributed by atoms with Gasteiger partial charge in [0, 0.05) is 11.5 Å². The van der Waals surface area contributed by atoms with Crippen molar-refractivity contribution in [3.8, 4) is 0 Å². The topological polar surface area (TPSA) is 80.4 Å². The third kappa shape index (κ3) is 3.14. The largest absolute Gasteiger partial charge is 0.478 e. The maximum atomic E-state index is 11.9. The van der Waals surface area contributed by atoms with Gasteiger partial charge in [0.1, 0.15) is 0 Å². The summed E-state index contributed by atoms with van der Waals surface area (Å²) >= 11 is 0. The van der Waals surface area contributed by atoms with Gasteiger partial charge in [-0.05, 0) is 30.7 Å². The van der Waals surface area contributed by atoms with E-state index in [1.54, 1.807) is 6.07 Å². The maximum Gasteiger partial charge on any atom is 0.335 e. The molecule has 0 heterocycles. The summed E-state index contributed by atoms with van der Waals surface area (Å²) in [6, 6.07) is 4.57. The molecule has 0 bridgehead atoms. The van der Waals surface area contributed by atoms with Crippen molar-refractivity contribution >= 4 is 11.8 Å². The van der Waals surface area contributed by atoms with Crippen molar-refractivity contribution in [1.82, 2.24) is 0 Å². The number of aromatic carboxylic acids is 1. The number of rotatable bonds is 5. The van der Waals surface area contributed by atoms with Gasteiger partial charge in [0.2, 0.25) is 0 Å². The fourth-order valence-electron chi connectivity index (χ4n) is 1.64. The summed E-state index contributed by atoms with van der Waals surface area (Å²) in [7, 11) is 0. The van der Waals surface area contributed by atoms with E-state index in [2.05, 4.69) is 0 Å². The van der Waals surface area contributed by atoms with Crippen molar-refractivity contribution in [3.63, 3.8) is 0 Å². The van der Waals surface area contributed by atoms with Crippen LogP contribution in [0.3, 0.4) is 0 Å². The molecule has 0 aromatic heterocycles. The highest BCUT2D eigenvalue weighted by molar-refractivity contribution is 6.00. The second-order valence-electron chi connectivity index (χ2n) is 4.23. The van der Waals surface area contributed by atoms with Crippen LogP contribution < -0.4 is 5.73 Å². The Hall–Kier alpha value is -1.68. The molecule has 1 rings (SSSR count). The molecule has 0 saturated heterocycles. The smallest absolute Gasteiger partial charge is 0.335 e. The minimum absolute atomic E-state index is 0.0189. The zero-order valence-corrected chi connectivity index (χ0v) is 10.1.